The van der Waals surface area contributed by atoms with Crippen molar-refractivity contribution in [1.29, 1.82) is 0 Å². The fourth-order valence-corrected chi connectivity index (χ4v) is 3.58. The summed E-state index contributed by atoms with van der Waals surface area (Å²) >= 11 is 0. The van der Waals surface area contributed by atoms with Crippen molar-refractivity contribution < 1.29 is 0 Å². The van der Waals surface area contributed by atoms with Gasteiger partial charge in [0.1, 0.15) is 0 Å². The normalized spacial score (nSPS) is 35.5. The molecule has 1 N–H and O–H groups in total. The van der Waals surface area contributed by atoms with Crippen LogP contribution in [0.15, 0.2) is 0 Å². The zero-order valence-corrected chi connectivity index (χ0v) is 12.0. The molecule has 0 bridgehead atoms. The molecule has 0 aromatic rings. The van der Waals surface area contributed by atoms with E-state index in [0.717, 1.165) is 12.1 Å². The zero-order valence-electron chi connectivity index (χ0n) is 12.0. The Labute approximate surface area is 107 Å². The highest BCUT2D eigenvalue weighted by Gasteiger charge is 2.29. The van der Waals surface area contributed by atoms with E-state index in [1.807, 2.05) is 0 Å². The molecule has 0 aromatic heterocycles. The van der Waals surface area contributed by atoms with Crippen molar-refractivity contribution in [2.24, 2.45) is 5.41 Å². The third kappa shape index (κ3) is 3.69. The molecule has 0 radical (unpaired) electrons. The van der Waals surface area contributed by atoms with Crippen LogP contribution in [-0.2, 0) is 0 Å². The summed E-state index contributed by atoms with van der Waals surface area (Å²) in [5.41, 5.74) is 0.590. The summed E-state index contributed by atoms with van der Waals surface area (Å²) in [5.74, 6) is 0. The van der Waals surface area contributed by atoms with Gasteiger partial charge in [0.05, 0.1) is 0 Å². The summed E-state index contributed by atoms with van der Waals surface area (Å²) in [6.07, 6.45) is 9.86. The van der Waals surface area contributed by atoms with Gasteiger partial charge in [-0.05, 0) is 57.5 Å². The van der Waals surface area contributed by atoms with Gasteiger partial charge in [-0.2, -0.15) is 0 Å². The largest absolute Gasteiger partial charge is 0.316 e. The van der Waals surface area contributed by atoms with Gasteiger partial charge in [-0.25, -0.2) is 0 Å². The second-order valence-electron chi connectivity index (χ2n) is 6.87. The summed E-state index contributed by atoms with van der Waals surface area (Å²) in [5, 5.41) is 3.46. The average Bonchev–Trinajstić information content (AvgIpc) is 2.50. The molecule has 2 nitrogen and oxygen atoms in total. The highest BCUT2D eigenvalue weighted by Crippen LogP contribution is 2.35. The fourth-order valence-electron chi connectivity index (χ4n) is 3.58. The van der Waals surface area contributed by atoms with Gasteiger partial charge in [0, 0.05) is 18.6 Å². The lowest BCUT2D eigenvalue weighted by molar-refractivity contribution is 0.125. The highest BCUT2D eigenvalue weighted by atomic mass is 15.2. The van der Waals surface area contributed by atoms with Crippen molar-refractivity contribution >= 4 is 0 Å². The molecule has 17 heavy (non-hydrogen) atoms. The van der Waals surface area contributed by atoms with Gasteiger partial charge in [-0.15, -0.1) is 0 Å². The van der Waals surface area contributed by atoms with Gasteiger partial charge in [0.15, 0.2) is 0 Å². The molecule has 1 saturated carbocycles. The number of hydrogen-bond acceptors (Lipinski definition) is 2. The Hall–Kier alpha value is -0.0800. The van der Waals surface area contributed by atoms with Gasteiger partial charge < -0.3 is 5.32 Å². The van der Waals surface area contributed by atoms with Crippen molar-refractivity contribution in [1.82, 2.24) is 10.2 Å². The van der Waals surface area contributed by atoms with Gasteiger partial charge >= 0.3 is 0 Å². The number of piperidine rings is 1. The van der Waals surface area contributed by atoms with Crippen LogP contribution in [0.25, 0.3) is 0 Å². The first-order valence-corrected chi connectivity index (χ1v) is 7.52. The molecule has 1 heterocycles. The van der Waals surface area contributed by atoms with Crippen molar-refractivity contribution in [3.8, 4) is 0 Å². The van der Waals surface area contributed by atoms with E-state index in [2.05, 4.69) is 31.1 Å². The van der Waals surface area contributed by atoms with Crippen LogP contribution in [0.1, 0.15) is 58.8 Å². The third-order valence-electron chi connectivity index (χ3n) is 4.92. The van der Waals surface area contributed by atoms with Crippen LogP contribution in [0.4, 0.5) is 0 Å². The maximum absolute atomic E-state index is 3.46. The SMILES string of the molecule is CNC1CCCN(C2CCCC(C)(C)CC2)C1. The van der Waals surface area contributed by atoms with Gasteiger partial charge in [0.2, 0.25) is 0 Å². The summed E-state index contributed by atoms with van der Waals surface area (Å²) in [6, 6.07) is 1.60. The Morgan fingerprint density at radius 1 is 1.06 bits per heavy atom. The maximum atomic E-state index is 3.46. The quantitative estimate of drug-likeness (QED) is 0.744. The molecule has 2 unspecified atom stereocenters. The molecule has 100 valence electrons. The molecule has 0 spiro atoms. The summed E-state index contributed by atoms with van der Waals surface area (Å²) in [4.78, 5) is 2.77. The lowest BCUT2D eigenvalue weighted by Gasteiger charge is -2.38. The Morgan fingerprint density at radius 3 is 2.65 bits per heavy atom. The van der Waals surface area contributed by atoms with Gasteiger partial charge in [0.25, 0.3) is 0 Å². The molecule has 2 rings (SSSR count). The first-order valence-electron chi connectivity index (χ1n) is 7.52. The number of nitrogens with one attached hydrogen (secondary N) is 1. The maximum Gasteiger partial charge on any atom is 0.0192 e. The highest BCUT2D eigenvalue weighted by molar-refractivity contribution is 4.85. The second-order valence-corrected chi connectivity index (χ2v) is 6.87. The first kappa shape index (κ1) is 13.4. The average molecular weight is 238 g/mol. The molecule has 1 aliphatic carbocycles. The monoisotopic (exact) mass is 238 g/mol. The summed E-state index contributed by atoms with van der Waals surface area (Å²) in [7, 11) is 2.12. The molecule has 0 amide bonds. The molecular weight excluding hydrogens is 208 g/mol. The Balaban J connectivity index is 1.88. The number of rotatable bonds is 2. The topological polar surface area (TPSA) is 15.3 Å². The van der Waals surface area contributed by atoms with Crippen molar-refractivity contribution in [3.63, 3.8) is 0 Å². The van der Waals surface area contributed by atoms with Crippen molar-refractivity contribution in [2.45, 2.75) is 70.9 Å². The fraction of sp³-hybridized carbons (Fsp3) is 1.00. The second kappa shape index (κ2) is 5.71. The van der Waals surface area contributed by atoms with E-state index >= 15 is 0 Å². The van der Waals surface area contributed by atoms with Crippen LogP contribution in [-0.4, -0.2) is 37.1 Å². The molecule has 2 fully saturated rings. The van der Waals surface area contributed by atoms with Crippen LogP contribution in [0.3, 0.4) is 0 Å². The third-order valence-corrected chi connectivity index (χ3v) is 4.92. The number of nitrogens with zero attached hydrogens (tertiary/aromatic N) is 1. The van der Waals surface area contributed by atoms with E-state index in [1.54, 1.807) is 0 Å². The van der Waals surface area contributed by atoms with Crippen LogP contribution in [0.2, 0.25) is 0 Å². The van der Waals surface area contributed by atoms with E-state index < -0.39 is 0 Å². The van der Waals surface area contributed by atoms with Crippen LogP contribution in [0.5, 0.6) is 0 Å². The Morgan fingerprint density at radius 2 is 1.88 bits per heavy atom. The summed E-state index contributed by atoms with van der Waals surface area (Å²) < 4.78 is 0. The Bertz CT molecular complexity index is 237. The summed E-state index contributed by atoms with van der Waals surface area (Å²) in [6.45, 7) is 7.51. The number of likely N-dealkylation sites (tertiary alicyclic amines) is 1. The lowest BCUT2D eigenvalue weighted by atomic mass is 9.85. The molecule has 1 saturated heterocycles. The van der Waals surface area contributed by atoms with Crippen molar-refractivity contribution in [2.75, 3.05) is 20.1 Å². The minimum atomic E-state index is 0.590. The predicted octanol–water partition coefficient (Wildman–Crippen LogP) is 3.03. The molecule has 2 heteroatoms. The molecule has 0 aromatic carbocycles. The minimum Gasteiger partial charge on any atom is -0.316 e. The van der Waals surface area contributed by atoms with Crippen LogP contribution in [0, 0.1) is 5.41 Å². The van der Waals surface area contributed by atoms with Crippen LogP contribution >= 0.6 is 0 Å². The van der Waals surface area contributed by atoms with Gasteiger partial charge in [-0.1, -0.05) is 20.3 Å². The van der Waals surface area contributed by atoms with E-state index in [0.29, 0.717) is 5.41 Å². The van der Waals surface area contributed by atoms with E-state index in [-0.39, 0.29) is 0 Å². The smallest absolute Gasteiger partial charge is 0.0192 e. The molecule has 1 aliphatic heterocycles. The number of likely N-dealkylation sites (N-methyl/N-ethyl adjacent to an activating group) is 1. The Kier molecular flexibility index (Phi) is 4.48. The first-order chi connectivity index (χ1) is 8.11. The van der Waals surface area contributed by atoms with Gasteiger partial charge in [-0.3, -0.25) is 4.90 Å². The molecule has 2 atom stereocenters. The minimum absolute atomic E-state index is 0.590. The lowest BCUT2D eigenvalue weighted by Crippen LogP contribution is -2.48. The van der Waals surface area contributed by atoms with E-state index in [1.165, 1.54) is 58.0 Å². The van der Waals surface area contributed by atoms with Crippen molar-refractivity contribution in [3.05, 3.63) is 0 Å². The predicted molar refractivity (Wildman–Crippen MR) is 74.3 cm³/mol. The standard InChI is InChI=1S/C15H30N2/c1-15(2)9-4-7-14(8-10-15)17-11-5-6-13(12-17)16-3/h13-14,16H,4-12H2,1-3H3. The molecule has 2 aliphatic rings. The van der Waals surface area contributed by atoms with Crippen LogP contribution < -0.4 is 5.32 Å². The zero-order chi connectivity index (χ0) is 12.3. The van der Waals surface area contributed by atoms with E-state index in [4.69, 9.17) is 0 Å². The molecular formula is C15H30N2. The number of hydrogen-bond donors (Lipinski definition) is 1. The van der Waals surface area contributed by atoms with E-state index in [9.17, 15) is 0 Å².